The van der Waals surface area contributed by atoms with E-state index in [2.05, 4.69) is 6.92 Å². The molecule has 2 heterocycles. The largest absolute Gasteiger partial charge is 0.464 e. The Labute approximate surface area is 148 Å². The van der Waals surface area contributed by atoms with Crippen LogP contribution in [-0.4, -0.2) is 43.3 Å². The highest BCUT2D eigenvalue weighted by molar-refractivity contribution is 7.91. The van der Waals surface area contributed by atoms with Crippen LogP contribution < -0.4 is 0 Å². The van der Waals surface area contributed by atoms with Gasteiger partial charge in [0.15, 0.2) is 9.84 Å². The maximum absolute atomic E-state index is 12.9. The number of aryl methyl sites for hydroxylation is 1. The van der Waals surface area contributed by atoms with Crippen molar-refractivity contribution in [3.63, 3.8) is 0 Å². The molecule has 1 aromatic heterocycles. The van der Waals surface area contributed by atoms with Crippen molar-refractivity contribution in [3.8, 4) is 0 Å². The third-order valence-electron chi connectivity index (χ3n) is 4.87. The van der Waals surface area contributed by atoms with E-state index >= 15 is 0 Å². The SMILES string of the molecule is CCCCN(C(=O)Cc1coc2cc(C)ccc12)C1CCS(=O)(=O)C1. The number of furan rings is 1. The predicted molar refractivity (Wildman–Crippen MR) is 98.3 cm³/mol. The Morgan fingerprint density at radius 3 is 2.84 bits per heavy atom. The van der Waals surface area contributed by atoms with Crippen LogP contribution in [0, 0.1) is 6.92 Å². The summed E-state index contributed by atoms with van der Waals surface area (Å²) in [6.07, 6.45) is 4.29. The van der Waals surface area contributed by atoms with Gasteiger partial charge in [0.1, 0.15) is 5.58 Å². The maximum Gasteiger partial charge on any atom is 0.227 e. The first-order chi connectivity index (χ1) is 11.9. The molecule has 0 bridgehead atoms. The van der Waals surface area contributed by atoms with Crippen LogP contribution in [0.15, 0.2) is 28.9 Å². The van der Waals surface area contributed by atoms with Crippen LogP contribution in [0.4, 0.5) is 0 Å². The van der Waals surface area contributed by atoms with E-state index in [0.29, 0.717) is 13.0 Å². The van der Waals surface area contributed by atoms with E-state index in [-0.39, 0.29) is 29.9 Å². The van der Waals surface area contributed by atoms with Gasteiger partial charge in [0.25, 0.3) is 0 Å². The number of fused-ring (bicyclic) bond motifs is 1. The fraction of sp³-hybridized carbons (Fsp3) is 0.526. The molecular weight excluding hydrogens is 338 g/mol. The molecule has 1 atom stereocenters. The number of benzene rings is 1. The zero-order valence-corrected chi connectivity index (χ0v) is 15.6. The van der Waals surface area contributed by atoms with Crippen molar-refractivity contribution >= 4 is 26.7 Å². The van der Waals surface area contributed by atoms with E-state index in [4.69, 9.17) is 4.42 Å². The molecule has 2 aromatic rings. The minimum absolute atomic E-state index is 0.0150. The van der Waals surface area contributed by atoms with Crippen molar-refractivity contribution in [1.82, 2.24) is 4.90 Å². The quantitative estimate of drug-likeness (QED) is 0.791. The van der Waals surface area contributed by atoms with E-state index in [1.165, 1.54) is 0 Å². The Morgan fingerprint density at radius 1 is 1.36 bits per heavy atom. The first-order valence-corrected chi connectivity index (χ1v) is 10.7. The van der Waals surface area contributed by atoms with E-state index < -0.39 is 9.84 Å². The molecule has 0 spiro atoms. The molecular formula is C19H25NO4S. The van der Waals surface area contributed by atoms with Gasteiger partial charge in [0.05, 0.1) is 24.2 Å². The van der Waals surface area contributed by atoms with Crippen LogP contribution >= 0.6 is 0 Å². The molecule has 5 nitrogen and oxygen atoms in total. The molecule has 1 aromatic carbocycles. The molecule has 0 aliphatic carbocycles. The van der Waals surface area contributed by atoms with E-state index in [1.54, 1.807) is 11.2 Å². The fourth-order valence-corrected chi connectivity index (χ4v) is 5.18. The standard InChI is InChI=1S/C19H25NO4S/c1-3-4-8-20(16-7-9-25(22,23)13-16)19(21)11-15-12-24-18-10-14(2)5-6-17(15)18/h5-6,10,12,16H,3-4,7-9,11,13H2,1-2H3. The molecule has 1 aliphatic heterocycles. The number of hydrogen-bond donors (Lipinski definition) is 0. The average Bonchev–Trinajstić information content (AvgIpc) is 3.11. The first kappa shape index (κ1) is 18.0. The van der Waals surface area contributed by atoms with Crippen LogP contribution in [0.2, 0.25) is 0 Å². The lowest BCUT2D eigenvalue weighted by Crippen LogP contribution is -2.42. The summed E-state index contributed by atoms with van der Waals surface area (Å²) >= 11 is 0. The molecule has 1 fully saturated rings. The highest BCUT2D eigenvalue weighted by Gasteiger charge is 2.34. The minimum atomic E-state index is -3.01. The zero-order valence-electron chi connectivity index (χ0n) is 14.8. The summed E-state index contributed by atoms with van der Waals surface area (Å²) in [5, 5.41) is 0.952. The van der Waals surface area contributed by atoms with Gasteiger partial charge in [-0.05, 0) is 31.4 Å². The molecule has 1 unspecified atom stereocenters. The molecule has 0 saturated carbocycles. The summed E-state index contributed by atoms with van der Waals surface area (Å²) in [4.78, 5) is 14.7. The van der Waals surface area contributed by atoms with Crippen molar-refractivity contribution in [2.24, 2.45) is 0 Å². The summed E-state index contributed by atoms with van der Waals surface area (Å²) in [5.41, 5.74) is 2.76. The normalized spacial score (nSPS) is 19.4. The van der Waals surface area contributed by atoms with Crippen LogP contribution in [0.25, 0.3) is 11.0 Å². The number of sulfone groups is 1. The molecule has 6 heteroatoms. The Balaban J connectivity index is 1.79. The molecule has 1 saturated heterocycles. The van der Waals surface area contributed by atoms with Gasteiger partial charge in [-0.25, -0.2) is 8.42 Å². The van der Waals surface area contributed by atoms with Crippen LogP contribution in [0.1, 0.15) is 37.3 Å². The van der Waals surface area contributed by atoms with E-state index in [9.17, 15) is 13.2 Å². The Hall–Kier alpha value is -1.82. The fourth-order valence-electron chi connectivity index (χ4n) is 3.45. The van der Waals surface area contributed by atoms with E-state index in [0.717, 1.165) is 34.9 Å². The van der Waals surface area contributed by atoms with Gasteiger partial charge >= 0.3 is 0 Å². The van der Waals surface area contributed by atoms with Crippen molar-refractivity contribution < 1.29 is 17.6 Å². The number of nitrogens with zero attached hydrogens (tertiary/aromatic N) is 1. The molecule has 0 N–H and O–H groups in total. The second kappa shape index (κ2) is 7.20. The molecule has 1 aliphatic rings. The molecule has 1 amide bonds. The van der Waals surface area contributed by atoms with Gasteiger partial charge in [-0.2, -0.15) is 0 Å². The second-order valence-corrected chi connectivity index (χ2v) is 9.16. The summed E-state index contributed by atoms with van der Waals surface area (Å²) in [6, 6.07) is 5.75. The second-order valence-electron chi connectivity index (χ2n) is 6.93. The number of carbonyl (C=O) groups excluding carboxylic acids is 1. The monoisotopic (exact) mass is 363 g/mol. The maximum atomic E-state index is 12.9. The number of rotatable bonds is 6. The van der Waals surface area contributed by atoms with Crippen molar-refractivity contribution in [1.29, 1.82) is 0 Å². The van der Waals surface area contributed by atoms with Crippen molar-refractivity contribution in [3.05, 3.63) is 35.6 Å². The van der Waals surface area contributed by atoms with Gasteiger partial charge in [0, 0.05) is 23.5 Å². The Morgan fingerprint density at radius 2 is 2.16 bits per heavy atom. The number of unbranched alkanes of at least 4 members (excludes halogenated alkanes) is 1. The zero-order chi connectivity index (χ0) is 18.0. The van der Waals surface area contributed by atoms with Gasteiger partial charge in [-0.3, -0.25) is 4.79 Å². The lowest BCUT2D eigenvalue weighted by Gasteiger charge is -2.28. The summed E-state index contributed by atoms with van der Waals surface area (Å²) in [7, 11) is -3.01. The topological polar surface area (TPSA) is 67.6 Å². The Bertz CT molecular complexity index is 869. The molecule has 136 valence electrons. The lowest BCUT2D eigenvalue weighted by molar-refractivity contribution is -0.132. The summed E-state index contributed by atoms with van der Waals surface area (Å²) in [6.45, 7) is 4.68. The average molecular weight is 363 g/mol. The lowest BCUT2D eigenvalue weighted by atomic mass is 10.1. The summed E-state index contributed by atoms with van der Waals surface area (Å²) < 4.78 is 29.2. The number of hydrogen-bond acceptors (Lipinski definition) is 4. The first-order valence-electron chi connectivity index (χ1n) is 8.86. The highest BCUT2D eigenvalue weighted by atomic mass is 32.2. The predicted octanol–water partition coefficient (Wildman–Crippen LogP) is 3.10. The van der Waals surface area contributed by atoms with Gasteiger partial charge < -0.3 is 9.32 Å². The molecule has 25 heavy (non-hydrogen) atoms. The van der Waals surface area contributed by atoms with Crippen LogP contribution in [0.5, 0.6) is 0 Å². The Kier molecular flexibility index (Phi) is 5.18. The molecule has 0 radical (unpaired) electrons. The van der Waals surface area contributed by atoms with Gasteiger partial charge in [-0.15, -0.1) is 0 Å². The number of amides is 1. The van der Waals surface area contributed by atoms with Crippen LogP contribution in [0.3, 0.4) is 0 Å². The van der Waals surface area contributed by atoms with Crippen molar-refractivity contribution in [2.45, 2.75) is 45.6 Å². The third-order valence-corrected chi connectivity index (χ3v) is 6.63. The number of carbonyl (C=O) groups is 1. The smallest absolute Gasteiger partial charge is 0.227 e. The third kappa shape index (κ3) is 4.06. The van der Waals surface area contributed by atoms with Gasteiger partial charge in [-0.1, -0.05) is 25.5 Å². The molecule has 3 rings (SSSR count). The van der Waals surface area contributed by atoms with Crippen LogP contribution in [-0.2, 0) is 21.1 Å². The minimum Gasteiger partial charge on any atom is -0.464 e. The van der Waals surface area contributed by atoms with Gasteiger partial charge in [0.2, 0.25) is 5.91 Å². The van der Waals surface area contributed by atoms with Crippen molar-refractivity contribution in [2.75, 3.05) is 18.1 Å². The highest BCUT2D eigenvalue weighted by Crippen LogP contribution is 2.25. The van der Waals surface area contributed by atoms with E-state index in [1.807, 2.05) is 25.1 Å². The summed E-state index contributed by atoms with van der Waals surface area (Å²) in [5.74, 6) is 0.258.